The molecule has 1 rings (SSSR count). The first-order chi connectivity index (χ1) is 8.13. The minimum absolute atomic E-state index is 0.303. The molecule has 1 aromatic carbocycles. The van der Waals surface area contributed by atoms with Crippen molar-refractivity contribution in [3.63, 3.8) is 0 Å². The summed E-state index contributed by atoms with van der Waals surface area (Å²) in [6.45, 7) is 2.74. The molecular weight excluding hydrogens is 287 g/mol. The summed E-state index contributed by atoms with van der Waals surface area (Å²) in [7, 11) is 0. The largest absolute Gasteiger partial charge is 0.338 e. The van der Waals surface area contributed by atoms with E-state index in [4.69, 9.17) is 0 Å². The predicted molar refractivity (Wildman–Crippen MR) is 70.6 cm³/mol. The molecule has 0 aliphatic heterocycles. The van der Waals surface area contributed by atoms with E-state index in [2.05, 4.69) is 33.5 Å². The fourth-order valence-electron chi connectivity index (χ4n) is 1.33. The first-order valence-electron chi connectivity index (χ1n) is 5.63. The summed E-state index contributed by atoms with van der Waals surface area (Å²) < 4.78 is 13.5. The highest BCUT2D eigenvalue weighted by atomic mass is 79.9. The van der Waals surface area contributed by atoms with Crippen molar-refractivity contribution < 1.29 is 9.18 Å². The number of benzene rings is 1. The summed E-state index contributed by atoms with van der Waals surface area (Å²) in [5.41, 5.74) is 0.443. The Bertz CT molecular complexity index is 385. The summed E-state index contributed by atoms with van der Waals surface area (Å²) in [4.78, 5) is 11.4. The van der Waals surface area contributed by atoms with Gasteiger partial charge in [0.15, 0.2) is 0 Å². The lowest BCUT2D eigenvalue weighted by Gasteiger charge is -2.07. The number of halogens is 2. The Kier molecular flexibility index (Phi) is 5.97. The first kappa shape index (κ1) is 14.0. The third-order valence-corrected chi connectivity index (χ3v) is 2.89. The maximum absolute atomic E-state index is 13.2. The van der Waals surface area contributed by atoms with E-state index in [0.29, 0.717) is 16.7 Å². The summed E-state index contributed by atoms with van der Waals surface area (Å²) in [6, 6.07) is 4.17. The van der Waals surface area contributed by atoms with Crippen molar-refractivity contribution in [3.8, 4) is 0 Å². The van der Waals surface area contributed by atoms with E-state index in [-0.39, 0.29) is 6.03 Å². The highest BCUT2D eigenvalue weighted by Crippen LogP contribution is 2.19. The zero-order valence-electron chi connectivity index (χ0n) is 9.72. The normalized spacial score (nSPS) is 10.1. The van der Waals surface area contributed by atoms with E-state index in [0.717, 1.165) is 19.3 Å². The highest BCUT2D eigenvalue weighted by Gasteiger charge is 2.04. The lowest BCUT2D eigenvalue weighted by atomic mass is 10.2. The van der Waals surface area contributed by atoms with Crippen LogP contribution in [0.3, 0.4) is 0 Å². The Morgan fingerprint density at radius 1 is 1.41 bits per heavy atom. The van der Waals surface area contributed by atoms with Gasteiger partial charge in [-0.15, -0.1) is 0 Å². The molecule has 2 amide bonds. The van der Waals surface area contributed by atoms with Gasteiger partial charge < -0.3 is 10.6 Å². The SMILES string of the molecule is CCCCCNC(=O)Nc1ccc(Br)c(F)c1. The number of nitrogens with one attached hydrogen (secondary N) is 2. The molecule has 1 aromatic rings. The smallest absolute Gasteiger partial charge is 0.319 e. The molecule has 0 saturated heterocycles. The molecule has 0 fully saturated rings. The molecule has 0 atom stereocenters. The number of hydrogen-bond donors (Lipinski definition) is 2. The summed E-state index contributed by atoms with van der Waals surface area (Å²) in [5, 5.41) is 5.29. The van der Waals surface area contributed by atoms with Gasteiger partial charge in [0, 0.05) is 12.2 Å². The van der Waals surface area contributed by atoms with Gasteiger partial charge in [0.25, 0.3) is 0 Å². The molecule has 0 heterocycles. The molecule has 3 nitrogen and oxygen atoms in total. The molecule has 0 unspecified atom stereocenters. The number of rotatable bonds is 5. The zero-order valence-corrected chi connectivity index (χ0v) is 11.3. The second-order valence-corrected chi connectivity index (χ2v) is 4.57. The number of hydrogen-bond acceptors (Lipinski definition) is 1. The number of amides is 2. The Hall–Kier alpha value is -1.10. The Labute approximate surface area is 109 Å². The minimum Gasteiger partial charge on any atom is -0.338 e. The van der Waals surface area contributed by atoms with Gasteiger partial charge in [-0.1, -0.05) is 19.8 Å². The molecule has 0 aromatic heterocycles. The van der Waals surface area contributed by atoms with Crippen LogP contribution < -0.4 is 10.6 Å². The van der Waals surface area contributed by atoms with Gasteiger partial charge in [-0.3, -0.25) is 0 Å². The van der Waals surface area contributed by atoms with Crippen molar-refractivity contribution in [3.05, 3.63) is 28.5 Å². The van der Waals surface area contributed by atoms with E-state index in [9.17, 15) is 9.18 Å². The number of urea groups is 1. The van der Waals surface area contributed by atoms with Crippen LogP contribution in [-0.4, -0.2) is 12.6 Å². The zero-order chi connectivity index (χ0) is 12.7. The van der Waals surface area contributed by atoms with Crippen LogP contribution in [0, 0.1) is 5.82 Å². The molecule has 17 heavy (non-hydrogen) atoms. The van der Waals surface area contributed by atoms with E-state index in [1.807, 2.05) is 0 Å². The monoisotopic (exact) mass is 302 g/mol. The van der Waals surface area contributed by atoms with Gasteiger partial charge in [0.1, 0.15) is 5.82 Å². The molecule has 0 aliphatic rings. The molecule has 0 saturated carbocycles. The van der Waals surface area contributed by atoms with Crippen LogP contribution in [0.2, 0.25) is 0 Å². The molecule has 0 bridgehead atoms. The fraction of sp³-hybridized carbons (Fsp3) is 0.417. The van der Waals surface area contributed by atoms with Crippen LogP contribution in [0.25, 0.3) is 0 Å². The van der Waals surface area contributed by atoms with E-state index in [1.165, 1.54) is 6.07 Å². The van der Waals surface area contributed by atoms with Crippen molar-refractivity contribution >= 4 is 27.6 Å². The number of unbranched alkanes of at least 4 members (excludes halogenated alkanes) is 2. The lowest BCUT2D eigenvalue weighted by Crippen LogP contribution is -2.29. The van der Waals surface area contributed by atoms with Crippen molar-refractivity contribution in [1.29, 1.82) is 0 Å². The van der Waals surface area contributed by atoms with Crippen molar-refractivity contribution in [2.75, 3.05) is 11.9 Å². The molecule has 0 spiro atoms. The van der Waals surface area contributed by atoms with Crippen LogP contribution in [0.5, 0.6) is 0 Å². The minimum atomic E-state index is -0.395. The van der Waals surface area contributed by atoms with Gasteiger partial charge in [0.2, 0.25) is 0 Å². The fourth-order valence-corrected chi connectivity index (χ4v) is 1.57. The lowest BCUT2D eigenvalue weighted by molar-refractivity contribution is 0.252. The molecule has 94 valence electrons. The Morgan fingerprint density at radius 3 is 2.82 bits per heavy atom. The summed E-state index contributed by atoms with van der Waals surface area (Å²) in [6.07, 6.45) is 3.16. The second-order valence-electron chi connectivity index (χ2n) is 3.72. The Morgan fingerprint density at radius 2 is 2.18 bits per heavy atom. The summed E-state index contributed by atoms with van der Waals surface area (Å²) >= 11 is 3.05. The van der Waals surface area contributed by atoms with Gasteiger partial charge in [-0.25, -0.2) is 9.18 Å². The molecule has 0 radical (unpaired) electrons. The molecule has 5 heteroatoms. The average molecular weight is 303 g/mol. The van der Waals surface area contributed by atoms with Crippen LogP contribution >= 0.6 is 15.9 Å². The standard InChI is InChI=1S/C12H16BrFN2O/c1-2-3-4-7-15-12(17)16-9-5-6-10(13)11(14)8-9/h5-6,8H,2-4,7H2,1H3,(H2,15,16,17). The summed E-state index contributed by atoms with van der Waals surface area (Å²) in [5.74, 6) is -0.395. The highest BCUT2D eigenvalue weighted by molar-refractivity contribution is 9.10. The van der Waals surface area contributed by atoms with Crippen LogP contribution in [0.15, 0.2) is 22.7 Å². The molecule has 0 aliphatic carbocycles. The quantitative estimate of drug-likeness (QED) is 0.796. The van der Waals surface area contributed by atoms with E-state index in [1.54, 1.807) is 12.1 Å². The van der Waals surface area contributed by atoms with E-state index >= 15 is 0 Å². The van der Waals surface area contributed by atoms with Crippen molar-refractivity contribution in [2.45, 2.75) is 26.2 Å². The average Bonchev–Trinajstić information content (AvgIpc) is 2.30. The third-order valence-electron chi connectivity index (χ3n) is 2.24. The van der Waals surface area contributed by atoms with Crippen LogP contribution in [0.1, 0.15) is 26.2 Å². The molecule has 2 N–H and O–H groups in total. The topological polar surface area (TPSA) is 41.1 Å². The van der Waals surface area contributed by atoms with Crippen LogP contribution in [0.4, 0.5) is 14.9 Å². The number of carbonyl (C=O) groups excluding carboxylic acids is 1. The van der Waals surface area contributed by atoms with Gasteiger partial charge in [-0.2, -0.15) is 0 Å². The van der Waals surface area contributed by atoms with Gasteiger partial charge in [0.05, 0.1) is 4.47 Å². The van der Waals surface area contributed by atoms with Gasteiger partial charge >= 0.3 is 6.03 Å². The first-order valence-corrected chi connectivity index (χ1v) is 6.42. The van der Waals surface area contributed by atoms with Crippen molar-refractivity contribution in [2.24, 2.45) is 0 Å². The van der Waals surface area contributed by atoms with Crippen LogP contribution in [-0.2, 0) is 0 Å². The number of carbonyl (C=O) groups is 1. The second kappa shape index (κ2) is 7.27. The third kappa shape index (κ3) is 5.17. The maximum atomic E-state index is 13.2. The van der Waals surface area contributed by atoms with E-state index < -0.39 is 5.82 Å². The maximum Gasteiger partial charge on any atom is 0.319 e. The van der Waals surface area contributed by atoms with Gasteiger partial charge in [-0.05, 0) is 40.5 Å². The Balaban J connectivity index is 2.37. The van der Waals surface area contributed by atoms with Crippen molar-refractivity contribution in [1.82, 2.24) is 5.32 Å². The predicted octanol–water partition coefficient (Wildman–Crippen LogP) is 3.90. The number of anilines is 1. The molecular formula is C12H16BrFN2O.